The van der Waals surface area contributed by atoms with E-state index >= 15 is 0 Å². The van der Waals surface area contributed by atoms with E-state index in [4.69, 9.17) is 9.84 Å². The first-order valence-corrected chi connectivity index (χ1v) is 9.28. The fourth-order valence-electron chi connectivity index (χ4n) is 2.86. The second-order valence-corrected chi connectivity index (χ2v) is 6.35. The van der Waals surface area contributed by atoms with Crippen molar-refractivity contribution in [2.75, 3.05) is 6.61 Å². The lowest BCUT2D eigenvalue weighted by Crippen LogP contribution is -1.99. The molecule has 0 aliphatic rings. The van der Waals surface area contributed by atoms with Gasteiger partial charge < -0.3 is 9.84 Å². The molecule has 0 amide bonds. The minimum Gasteiger partial charge on any atom is -0.493 e. The van der Waals surface area contributed by atoms with E-state index in [2.05, 4.69) is 6.92 Å². The molecule has 2 rings (SSSR count). The lowest BCUT2D eigenvalue weighted by atomic mass is 10.0. The van der Waals surface area contributed by atoms with Crippen LogP contribution in [-0.2, 0) is 0 Å². The van der Waals surface area contributed by atoms with Crippen LogP contribution in [-0.4, -0.2) is 17.7 Å². The zero-order chi connectivity index (χ0) is 17.9. The molecule has 0 aromatic heterocycles. The van der Waals surface area contributed by atoms with Crippen LogP contribution in [0.1, 0.15) is 62.2 Å². The molecule has 0 atom stereocenters. The minimum atomic E-state index is -0.907. The van der Waals surface area contributed by atoms with E-state index in [0.717, 1.165) is 29.9 Å². The molecule has 0 spiro atoms. The van der Waals surface area contributed by atoms with E-state index < -0.39 is 5.97 Å². The molecule has 2 aromatic carbocycles. The summed E-state index contributed by atoms with van der Waals surface area (Å²) in [6.07, 6.45) is 8.84. The highest BCUT2D eigenvalue weighted by molar-refractivity contribution is 5.88. The summed E-state index contributed by atoms with van der Waals surface area (Å²) >= 11 is 0. The Balaban J connectivity index is 1.87. The number of hydrogen-bond acceptors (Lipinski definition) is 2. The molecule has 0 aliphatic carbocycles. The first-order valence-electron chi connectivity index (χ1n) is 9.28. The van der Waals surface area contributed by atoms with Gasteiger partial charge in [-0.3, -0.25) is 0 Å². The van der Waals surface area contributed by atoms with Gasteiger partial charge in [0.1, 0.15) is 5.75 Å². The number of para-hydroxylation sites is 1. The third-order valence-corrected chi connectivity index (χ3v) is 4.34. The highest BCUT2D eigenvalue weighted by Crippen LogP contribution is 2.30. The fraction of sp³-hybridized carbons (Fsp3) is 0.409. The Hall–Kier alpha value is -2.29. The number of aromatic carboxylic acids is 1. The van der Waals surface area contributed by atoms with Gasteiger partial charge in [0.25, 0.3) is 0 Å². The number of ether oxygens (including phenoxy) is 1. The van der Waals surface area contributed by atoms with Crippen molar-refractivity contribution < 1.29 is 14.6 Å². The van der Waals surface area contributed by atoms with Gasteiger partial charge in [0.2, 0.25) is 0 Å². The van der Waals surface area contributed by atoms with Crippen molar-refractivity contribution in [3.63, 3.8) is 0 Å². The molecule has 1 N–H and O–H groups in total. The Bertz CT molecular complexity index is 647. The normalized spacial score (nSPS) is 10.6. The number of benzene rings is 2. The topological polar surface area (TPSA) is 46.5 Å². The van der Waals surface area contributed by atoms with Crippen LogP contribution in [0.3, 0.4) is 0 Å². The maximum atomic E-state index is 11.0. The van der Waals surface area contributed by atoms with Gasteiger partial charge in [-0.25, -0.2) is 4.79 Å². The zero-order valence-electron chi connectivity index (χ0n) is 15.0. The molecule has 0 saturated carbocycles. The van der Waals surface area contributed by atoms with Gasteiger partial charge in [0, 0.05) is 5.56 Å². The Morgan fingerprint density at radius 2 is 1.52 bits per heavy atom. The van der Waals surface area contributed by atoms with Crippen molar-refractivity contribution in [1.82, 2.24) is 0 Å². The number of carbonyl (C=O) groups is 1. The summed E-state index contributed by atoms with van der Waals surface area (Å²) in [7, 11) is 0. The molecule has 3 nitrogen and oxygen atoms in total. The number of carboxylic acid groups (broad SMARTS) is 1. The molecular weight excluding hydrogens is 312 g/mol. The quantitative estimate of drug-likeness (QED) is 0.497. The van der Waals surface area contributed by atoms with Gasteiger partial charge >= 0.3 is 5.97 Å². The van der Waals surface area contributed by atoms with Crippen LogP contribution in [0, 0.1) is 0 Å². The molecule has 2 aromatic rings. The van der Waals surface area contributed by atoms with Crippen molar-refractivity contribution in [1.29, 1.82) is 0 Å². The molecule has 0 radical (unpaired) electrons. The molecule has 0 fully saturated rings. The maximum absolute atomic E-state index is 11.0. The van der Waals surface area contributed by atoms with Crippen molar-refractivity contribution in [3.05, 3.63) is 54.1 Å². The maximum Gasteiger partial charge on any atom is 0.335 e. The van der Waals surface area contributed by atoms with Crippen LogP contribution in [0.5, 0.6) is 5.75 Å². The fourth-order valence-corrected chi connectivity index (χ4v) is 2.86. The van der Waals surface area contributed by atoms with Crippen LogP contribution in [0.25, 0.3) is 11.1 Å². The summed E-state index contributed by atoms with van der Waals surface area (Å²) in [5.41, 5.74) is 2.27. The first kappa shape index (κ1) is 19.0. The highest BCUT2D eigenvalue weighted by Gasteiger charge is 2.07. The van der Waals surface area contributed by atoms with Gasteiger partial charge in [0.15, 0.2) is 0 Å². The van der Waals surface area contributed by atoms with Gasteiger partial charge in [-0.2, -0.15) is 0 Å². The second-order valence-electron chi connectivity index (χ2n) is 6.35. The Morgan fingerprint density at radius 1 is 0.880 bits per heavy atom. The number of rotatable bonds is 11. The number of unbranched alkanes of at least 4 members (excludes halogenated alkanes) is 6. The Labute approximate surface area is 150 Å². The molecule has 0 heterocycles. The SMILES string of the molecule is CCCCCCCCCOc1ccccc1-c1ccc(C(=O)O)cc1. The zero-order valence-corrected chi connectivity index (χ0v) is 15.0. The second kappa shape index (κ2) is 10.5. The molecule has 134 valence electrons. The predicted molar refractivity (Wildman–Crippen MR) is 102 cm³/mol. The molecular formula is C22H28O3. The third-order valence-electron chi connectivity index (χ3n) is 4.34. The highest BCUT2D eigenvalue weighted by atomic mass is 16.5. The van der Waals surface area contributed by atoms with Crippen LogP contribution in [0.2, 0.25) is 0 Å². The van der Waals surface area contributed by atoms with Gasteiger partial charge in [-0.1, -0.05) is 75.8 Å². The molecule has 25 heavy (non-hydrogen) atoms. The van der Waals surface area contributed by atoms with Gasteiger partial charge in [-0.15, -0.1) is 0 Å². The van der Waals surface area contributed by atoms with Gasteiger partial charge in [-0.05, 0) is 30.2 Å². The predicted octanol–water partition coefficient (Wildman–Crippen LogP) is 6.18. The van der Waals surface area contributed by atoms with Crippen LogP contribution >= 0.6 is 0 Å². The van der Waals surface area contributed by atoms with E-state index in [1.54, 1.807) is 12.1 Å². The van der Waals surface area contributed by atoms with E-state index in [9.17, 15) is 4.79 Å². The lowest BCUT2D eigenvalue weighted by molar-refractivity contribution is 0.0697. The summed E-state index contributed by atoms with van der Waals surface area (Å²) in [5, 5.41) is 9.01. The van der Waals surface area contributed by atoms with E-state index in [-0.39, 0.29) is 0 Å². The lowest BCUT2D eigenvalue weighted by Gasteiger charge is -2.12. The van der Waals surface area contributed by atoms with Gasteiger partial charge in [0.05, 0.1) is 12.2 Å². The van der Waals surface area contributed by atoms with Crippen LogP contribution in [0.15, 0.2) is 48.5 Å². The largest absolute Gasteiger partial charge is 0.493 e. The Kier molecular flexibility index (Phi) is 8.03. The monoisotopic (exact) mass is 340 g/mol. The summed E-state index contributed by atoms with van der Waals surface area (Å²) in [5.74, 6) is -0.0495. The molecule has 3 heteroatoms. The van der Waals surface area contributed by atoms with Crippen molar-refractivity contribution >= 4 is 5.97 Å². The first-order chi connectivity index (χ1) is 12.2. The summed E-state index contributed by atoms with van der Waals surface area (Å²) in [6.45, 7) is 2.96. The van der Waals surface area contributed by atoms with E-state index in [0.29, 0.717) is 5.56 Å². The standard InChI is InChI=1S/C22H28O3/c1-2-3-4-5-6-7-10-17-25-21-12-9-8-11-20(21)18-13-15-19(16-14-18)22(23)24/h8-9,11-16H,2-7,10,17H2,1H3,(H,23,24). The number of carboxylic acids is 1. The van der Waals surface area contributed by atoms with Crippen molar-refractivity contribution in [3.8, 4) is 16.9 Å². The van der Waals surface area contributed by atoms with Crippen LogP contribution < -0.4 is 4.74 Å². The molecule has 0 bridgehead atoms. The average molecular weight is 340 g/mol. The number of hydrogen-bond donors (Lipinski definition) is 1. The summed E-state index contributed by atoms with van der Waals surface area (Å²) in [4.78, 5) is 11.0. The van der Waals surface area contributed by atoms with Crippen molar-refractivity contribution in [2.45, 2.75) is 51.9 Å². The summed E-state index contributed by atoms with van der Waals surface area (Å²) < 4.78 is 5.98. The minimum absolute atomic E-state index is 0.297. The third kappa shape index (κ3) is 6.26. The smallest absolute Gasteiger partial charge is 0.335 e. The van der Waals surface area contributed by atoms with Crippen LogP contribution in [0.4, 0.5) is 0 Å². The molecule has 0 aliphatic heterocycles. The van der Waals surface area contributed by atoms with Crippen molar-refractivity contribution in [2.24, 2.45) is 0 Å². The molecule has 0 saturated heterocycles. The summed E-state index contributed by atoms with van der Waals surface area (Å²) in [6, 6.07) is 14.8. The Morgan fingerprint density at radius 3 is 2.20 bits per heavy atom. The molecule has 0 unspecified atom stereocenters. The van der Waals surface area contributed by atoms with E-state index in [1.807, 2.05) is 36.4 Å². The average Bonchev–Trinajstić information content (AvgIpc) is 2.64. The van der Waals surface area contributed by atoms with E-state index in [1.165, 1.54) is 38.5 Å².